The van der Waals surface area contributed by atoms with Gasteiger partial charge in [0, 0.05) is 0 Å². The molecule has 2 heteroatoms. The van der Waals surface area contributed by atoms with E-state index >= 15 is 0 Å². The molecule has 12 heavy (non-hydrogen) atoms. The molecule has 0 aromatic heterocycles. The van der Waals surface area contributed by atoms with Crippen LogP contribution in [0.5, 0.6) is 0 Å². The largest absolute Gasteiger partial charge is 0.390 e. The highest BCUT2D eigenvalue weighted by molar-refractivity contribution is 4.87. The maximum atomic E-state index is 9.57. The van der Waals surface area contributed by atoms with Gasteiger partial charge in [0.2, 0.25) is 0 Å². The van der Waals surface area contributed by atoms with Gasteiger partial charge < -0.3 is 10.8 Å². The summed E-state index contributed by atoms with van der Waals surface area (Å²) < 4.78 is 0. The number of hydrogen-bond donors (Lipinski definition) is 2. The molecule has 0 aliphatic carbocycles. The molecule has 0 rings (SSSR count). The number of hydrogen-bond acceptors (Lipinski definition) is 2. The first-order valence-electron chi connectivity index (χ1n) is 4.45. The Morgan fingerprint density at radius 3 is 2.33 bits per heavy atom. The topological polar surface area (TPSA) is 46.2 Å². The average molecular weight is 171 g/mol. The van der Waals surface area contributed by atoms with E-state index in [9.17, 15) is 5.11 Å². The summed E-state index contributed by atoms with van der Waals surface area (Å²) in [6, 6.07) is 0. The summed E-state index contributed by atoms with van der Waals surface area (Å²) in [5.41, 5.74) is 4.92. The normalized spacial score (nSPS) is 17.1. The monoisotopic (exact) mass is 171 g/mol. The van der Waals surface area contributed by atoms with Crippen LogP contribution in [-0.4, -0.2) is 17.3 Å². The Labute approximate surface area is 75.5 Å². The second-order valence-corrected chi connectivity index (χ2v) is 4.13. The second-order valence-electron chi connectivity index (χ2n) is 4.13. The van der Waals surface area contributed by atoms with Gasteiger partial charge in [-0.25, -0.2) is 0 Å². The third kappa shape index (κ3) is 4.52. The molecule has 0 spiro atoms. The smallest absolute Gasteiger partial charge is 0.0597 e. The van der Waals surface area contributed by atoms with E-state index in [1.807, 2.05) is 19.9 Å². The molecule has 0 radical (unpaired) electrons. The molecule has 2 nitrogen and oxygen atoms in total. The predicted octanol–water partition coefficient (Wildman–Crippen LogP) is 1.54. The van der Waals surface area contributed by atoms with E-state index in [0.29, 0.717) is 18.4 Å². The first-order valence-corrected chi connectivity index (χ1v) is 4.45. The zero-order valence-electron chi connectivity index (χ0n) is 8.38. The van der Waals surface area contributed by atoms with Crippen LogP contribution >= 0.6 is 0 Å². The highest BCUT2D eigenvalue weighted by atomic mass is 16.3. The van der Waals surface area contributed by atoms with Crippen LogP contribution in [0.2, 0.25) is 0 Å². The maximum Gasteiger partial charge on any atom is 0.0597 e. The molecular formula is C10H21NO. The molecule has 3 N–H and O–H groups in total. The predicted molar refractivity (Wildman–Crippen MR) is 52.8 cm³/mol. The van der Waals surface area contributed by atoms with Crippen LogP contribution in [0, 0.1) is 11.8 Å². The Bertz CT molecular complexity index is 137. The minimum atomic E-state index is -0.623. The maximum absolute atomic E-state index is 9.57. The Kier molecular flexibility index (Phi) is 4.50. The molecule has 0 aromatic rings. The van der Waals surface area contributed by atoms with E-state index in [4.69, 9.17) is 5.73 Å². The lowest BCUT2D eigenvalue weighted by molar-refractivity contribution is 0.0521. The first kappa shape index (κ1) is 11.7. The van der Waals surface area contributed by atoms with Crippen molar-refractivity contribution in [2.45, 2.75) is 32.8 Å². The van der Waals surface area contributed by atoms with Crippen molar-refractivity contribution in [1.82, 2.24) is 0 Å². The van der Waals surface area contributed by atoms with Crippen LogP contribution in [0.4, 0.5) is 0 Å². The van der Waals surface area contributed by atoms with Gasteiger partial charge in [0.25, 0.3) is 0 Å². The molecule has 0 saturated carbocycles. The first-order chi connectivity index (χ1) is 5.40. The number of allylic oxidation sites excluding steroid dienone is 1. The zero-order valence-corrected chi connectivity index (χ0v) is 8.38. The SMILES string of the molecule is C=CC(CC(C)(C)O)C(C)CN. The Hall–Kier alpha value is -0.340. The van der Waals surface area contributed by atoms with Gasteiger partial charge in [-0.05, 0) is 38.6 Å². The van der Waals surface area contributed by atoms with Gasteiger partial charge in [-0.15, -0.1) is 6.58 Å². The molecule has 0 amide bonds. The molecule has 0 aromatic carbocycles. The lowest BCUT2D eigenvalue weighted by atomic mass is 9.85. The van der Waals surface area contributed by atoms with Crippen LogP contribution in [0.15, 0.2) is 12.7 Å². The summed E-state index contributed by atoms with van der Waals surface area (Å²) >= 11 is 0. The summed E-state index contributed by atoms with van der Waals surface area (Å²) in [5, 5.41) is 9.57. The van der Waals surface area contributed by atoms with E-state index in [-0.39, 0.29) is 0 Å². The molecule has 0 heterocycles. The molecular weight excluding hydrogens is 150 g/mol. The number of rotatable bonds is 5. The van der Waals surface area contributed by atoms with Crippen molar-refractivity contribution >= 4 is 0 Å². The minimum absolute atomic E-state index is 0.315. The van der Waals surface area contributed by atoms with Gasteiger partial charge in [-0.1, -0.05) is 13.0 Å². The molecule has 72 valence electrons. The van der Waals surface area contributed by atoms with E-state index < -0.39 is 5.60 Å². The number of nitrogens with two attached hydrogens (primary N) is 1. The highest BCUT2D eigenvalue weighted by Crippen LogP contribution is 2.23. The van der Waals surface area contributed by atoms with E-state index in [2.05, 4.69) is 13.5 Å². The molecule has 0 saturated heterocycles. The quantitative estimate of drug-likeness (QED) is 0.616. The van der Waals surface area contributed by atoms with Gasteiger partial charge in [-0.2, -0.15) is 0 Å². The van der Waals surface area contributed by atoms with E-state index in [0.717, 1.165) is 6.42 Å². The zero-order chi connectivity index (χ0) is 9.78. The molecule has 0 aliphatic rings. The summed E-state index contributed by atoms with van der Waals surface area (Å²) in [4.78, 5) is 0. The van der Waals surface area contributed by atoms with Gasteiger partial charge in [0.15, 0.2) is 0 Å². The minimum Gasteiger partial charge on any atom is -0.390 e. The number of aliphatic hydroxyl groups is 1. The molecule has 0 aliphatic heterocycles. The van der Waals surface area contributed by atoms with Gasteiger partial charge in [0.05, 0.1) is 5.60 Å². The van der Waals surface area contributed by atoms with Crippen LogP contribution in [0.25, 0.3) is 0 Å². The fraction of sp³-hybridized carbons (Fsp3) is 0.800. The third-order valence-corrected chi connectivity index (χ3v) is 2.14. The van der Waals surface area contributed by atoms with Crippen LogP contribution in [-0.2, 0) is 0 Å². The van der Waals surface area contributed by atoms with Crippen LogP contribution in [0.3, 0.4) is 0 Å². The van der Waals surface area contributed by atoms with Crippen molar-refractivity contribution in [3.8, 4) is 0 Å². The van der Waals surface area contributed by atoms with Crippen molar-refractivity contribution in [3.63, 3.8) is 0 Å². The Morgan fingerprint density at radius 2 is 2.08 bits per heavy atom. The van der Waals surface area contributed by atoms with Crippen molar-refractivity contribution in [1.29, 1.82) is 0 Å². The Morgan fingerprint density at radius 1 is 1.58 bits per heavy atom. The second kappa shape index (κ2) is 4.63. The van der Waals surface area contributed by atoms with Gasteiger partial charge in [-0.3, -0.25) is 0 Å². The van der Waals surface area contributed by atoms with E-state index in [1.54, 1.807) is 0 Å². The van der Waals surface area contributed by atoms with Crippen molar-refractivity contribution in [2.24, 2.45) is 17.6 Å². The third-order valence-electron chi connectivity index (χ3n) is 2.14. The van der Waals surface area contributed by atoms with Crippen molar-refractivity contribution < 1.29 is 5.11 Å². The standard InChI is InChI=1S/C10H21NO/c1-5-9(8(2)7-11)6-10(3,4)12/h5,8-9,12H,1,6-7,11H2,2-4H3. The van der Waals surface area contributed by atoms with E-state index in [1.165, 1.54) is 0 Å². The van der Waals surface area contributed by atoms with Crippen LogP contribution < -0.4 is 5.73 Å². The fourth-order valence-corrected chi connectivity index (χ4v) is 1.27. The lowest BCUT2D eigenvalue weighted by Gasteiger charge is -2.26. The van der Waals surface area contributed by atoms with Crippen LogP contribution in [0.1, 0.15) is 27.2 Å². The highest BCUT2D eigenvalue weighted by Gasteiger charge is 2.21. The summed E-state index contributed by atoms with van der Waals surface area (Å²) in [7, 11) is 0. The molecule has 0 fully saturated rings. The Balaban J connectivity index is 4.08. The van der Waals surface area contributed by atoms with Crippen molar-refractivity contribution in [3.05, 3.63) is 12.7 Å². The molecule has 0 bridgehead atoms. The summed E-state index contributed by atoms with van der Waals surface area (Å²) in [6.45, 7) is 10.1. The lowest BCUT2D eigenvalue weighted by Crippen LogP contribution is -2.28. The van der Waals surface area contributed by atoms with Gasteiger partial charge >= 0.3 is 0 Å². The molecule has 2 atom stereocenters. The fourth-order valence-electron chi connectivity index (χ4n) is 1.27. The average Bonchev–Trinajstić information content (AvgIpc) is 1.97. The van der Waals surface area contributed by atoms with Crippen molar-refractivity contribution in [2.75, 3.05) is 6.54 Å². The molecule has 2 unspecified atom stereocenters. The summed E-state index contributed by atoms with van der Waals surface area (Å²) in [5.74, 6) is 0.712. The van der Waals surface area contributed by atoms with Gasteiger partial charge in [0.1, 0.15) is 0 Å². The summed E-state index contributed by atoms with van der Waals surface area (Å²) in [6.07, 6.45) is 2.62.